The molecule has 124 valence electrons. The molecule has 25 heavy (non-hydrogen) atoms. The lowest BCUT2D eigenvalue weighted by atomic mass is 9.54. The van der Waals surface area contributed by atoms with Gasteiger partial charge < -0.3 is 0 Å². The molecule has 0 aromatic heterocycles. The van der Waals surface area contributed by atoms with Crippen LogP contribution in [0.3, 0.4) is 0 Å². The van der Waals surface area contributed by atoms with Gasteiger partial charge in [0.1, 0.15) is 0 Å². The molecule has 0 nitrogen and oxygen atoms in total. The van der Waals surface area contributed by atoms with Crippen LogP contribution in [0.25, 0.3) is 0 Å². The van der Waals surface area contributed by atoms with Crippen LogP contribution in [0, 0.1) is 0 Å². The molecule has 0 atom stereocenters. The molecule has 0 heterocycles. The van der Waals surface area contributed by atoms with E-state index in [1.807, 2.05) is 0 Å². The van der Waals surface area contributed by atoms with Crippen LogP contribution in [-0.4, -0.2) is 0 Å². The van der Waals surface area contributed by atoms with Crippen molar-refractivity contribution in [2.75, 3.05) is 0 Å². The molecule has 3 aromatic rings. The van der Waals surface area contributed by atoms with Crippen molar-refractivity contribution in [2.45, 2.75) is 18.3 Å². The third-order valence-corrected chi connectivity index (χ3v) is 10.5. The third kappa shape index (κ3) is 1.92. The van der Waals surface area contributed by atoms with Crippen LogP contribution >= 0.6 is 63.7 Å². The van der Waals surface area contributed by atoms with Gasteiger partial charge in [-0.15, -0.1) is 0 Å². The molecule has 0 N–H and O–H groups in total. The molecule has 3 aromatic carbocycles. The fourth-order valence-electron chi connectivity index (χ4n) is 4.71. The minimum atomic E-state index is -0.179. The Balaban J connectivity index is 2.04. The third-order valence-electron chi connectivity index (χ3n) is 5.71. The van der Waals surface area contributed by atoms with Crippen molar-refractivity contribution in [2.24, 2.45) is 0 Å². The Kier molecular flexibility index (Phi) is 3.71. The summed E-state index contributed by atoms with van der Waals surface area (Å²) < 4.78 is 4.39. The van der Waals surface area contributed by atoms with Crippen molar-refractivity contribution < 1.29 is 0 Å². The number of hydrogen-bond donors (Lipinski definition) is 0. The second kappa shape index (κ2) is 5.54. The van der Waals surface area contributed by atoms with Crippen LogP contribution in [0.1, 0.15) is 46.2 Å². The highest BCUT2D eigenvalue weighted by Crippen LogP contribution is 2.63. The maximum absolute atomic E-state index is 3.89. The van der Waals surface area contributed by atoms with Crippen molar-refractivity contribution in [1.29, 1.82) is 0 Å². The molecule has 0 fully saturated rings. The Morgan fingerprint density at radius 3 is 1.72 bits per heavy atom. The van der Waals surface area contributed by atoms with E-state index in [-0.39, 0.29) is 11.3 Å². The van der Waals surface area contributed by atoms with E-state index in [4.69, 9.17) is 0 Å². The van der Waals surface area contributed by atoms with Gasteiger partial charge in [0.15, 0.2) is 0 Å². The summed E-state index contributed by atoms with van der Waals surface area (Å²) in [5.41, 5.74) is 8.19. The number of benzene rings is 3. The van der Waals surface area contributed by atoms with Crippen LogP contribution in [-0.2, 0) is 5.41 Å². The summed E-state index contributed by atoms with van der Waals surface area (Å²) in [6, 6.07) is 17.8. The van der Waals surface area contributed by atoms with E-state index >= 15 is 0 Å². The highest BCUT2D eigenvalue weighted by molar-refractivity contribution is 9.15. The van der Waals surface area contributed by atoms with Gasteiger partial charge in [0.05, 0.1) is 0 Å². The normalized spacial score (nSPS) is 22.4. The molecule has 6 rings (SSSR count). The van der Waals surface area contributed by atoms with Crippen LogP contribution in [0.5, 0.6) is 0 Å². The fraction of sp³-hybridized carbons (Fsp3) is 0.143. The van der Waals surface area contributed by atoms with E-state index in [1.165, 1.54) is 33.4 Å². The zero-order valence-corrected chi connectivity index (χ0v) is 19.6. The molecule has 0 saturated heterocycles. The highest BCUT2D eigenvalue weighted by atomic mass is 79.9. The lowest BCUT2D eigenvalue weighted by Crippen LogP contribution is -2.40. The predicted molar refractivity (Wildman–Crippen MR) is 117 cm³/mol. The molecule has 0 radical (unpaired) electrons. The lowest BCUT2D eigenvalue weighted by molar-refractivity contribution is 0.587. The molecule has 3 aliphatic rings. The molecule has 2 bridgehead atoms. The molecule has 0 aliphatic heterocycles. The molecular weight excluding hydrogens is 572 g/mol. The van der Waals surface area contributed by atoms with E-state index in [2.05, 4.69) is 119 Å². The summed E-state index contributed by atoms with van der Waals surface area (Å²) in [6.45, 7) is 2.36. The van der Waals surface area contributed by atoms with Crippen LogP contribution in [0.15, 0.2) is 66.4 Å². The SMILES string of the molecule is CC12c3ccccc3C(c3ccccc31)c1c(Br)c(Br)c(Br)c(Br)c12. The van der Waals surface area contributed by atoms with Gasteiger partial charge in [-0.3, -0.25) is 0 Å². The summed E-state index contributed by atoms with van der Waals surface area (Å²) >= 11 is 15.3. The van der Waals surface area contributed by atoms with Crippen LogP contribution in [0.4, 0.5) is 0 Å². The first-order chi connectivity index (χ1) is 12.0. The van der Waals surface area contributed by atoms with E-state index in [1.54, 1.807) is 0 Å². The van der Waals surface area contributed by atoms with Crippen LogP contribution in [0.2, 0.25) is 0 Å². The standard InChI is InChI=1S/C21H12Br4/c1-21-12-8-4-2-6-10(12)14(11-7-3-5-9-13(11)21)15-16(21)18(23)20(25)19(24)17(15)22/h2-9,14H,1H3. The first kappa shape index (κ1) is 16.7. The summed E-state index contributed by atoms with van der Waals surface area (Å²) in [4.78, 5) is 0. The summed E-state index contributed by atoms with van der Waals surface area (Å²) in [5, 5.41) is 0. The minimum absolute atomic E-state index is 0.179. The van der Waals surface area contributed by atoms with Gasteiger partial charge >= 0.3 is 0 Å². The molecular formula is C21H12Br4. The van der Waals surface area contributed by atoms with Crippen molar-refractivity contribution in [3.63, 3.8) is 0 Å². The summed E-state index contributed by atoms with van der Waals surface area (Å²) in [5.74, 6) is 0.249. The molecule has 0 saturated carbocycles. The molecule has 3 aliphatic carbocycles. The van der Waals surface area contributed by atoms with Gasteiger partial charge in [0, 0.05) is 29.2 Å². The number of hydrogen-bond acceptors (Lipinski definition) is 0. The number of rotatable bonds is 0. The Labute approximate surface area is 180 Å². The molecule has 0 unspecified atom stereocenters. The maximum Gasteiger partial charge on any atom is 0.0474 e. The van der Waals surface area contributed by atoms with Gasteiger partial charge in [-0.2, -0.15) is 0 Å². The monoisotopic (exact) mass is 580 g/mol. The predicted octanol–water partition coefficient (Wildman–Crippen LogP) is 7.90. The van der Waals surface area contributed by atoms with E-state index < -0.39 is 0 Å². The Morgan fingerprint density at radius 2 is 1.16 bits per heavy atom. The van der Waals surface area contributed by atoms with Crippen molar-refractivity contribution >= 4 is 63.7 Å². The zero-order chi connectivity index (χ0) is 17.5. The lowest BCUT2D eigenvalue weighted by Gasteiger charge is -2.50. The molecule has 4 heteroatoms. The van der Waals surface area contributed by atoms with Gasteiger partial charge in [-0.25, -0.2) is 0 Å². The largest absolute Gasteiger partial charge is 0.0619 e. The second-order valence-corrected chi connectivity index (χ2v) is 9.95. The smallest absolute Gasteiger partial charge is 0.0474 e. The van der Waals surface area contributed by atoms with Gasteiger partial charge in [0.2, 0.25) is 0 Å². The Hall–Kier alpha value is -0.420. The Bertz CT molecular complexity index is 1020. The topological polar surface area (TPSA) is 0 Å². The van der Waals surface area contributed by atoms with Gasteiger partial charge in [-0.1, -0.05) is 48.5 Å². The van der Waals surface area contributed by atoms with Crippen molar-refractivity contribution in [3.05, 3.63) is 99.8 Å². The molecule has 0 spiro atoms. The average molecular weight is 584 g/mol. The zero-order valence-electron chi connectivity index (χ0n) is 13.2. The number of halogens is 4. The van der Waals surface area contributed by atoms with E-state index in [9.17, 15) is 0 Å². The molecule has 0 amide bonds. The van der Waals surface area contributed by atoms with Crippen LogP contribution < -0.4 is 0 Å². The quantitative estimate of drug-likeness (QED) is 0.186. The van der Waals surface area contributed by atoms with Crippen molar-refractivity contribution in [1.82, 2.24) is 0 Å². The van der Waals surface area contributed by atoms with E-state index in [0.717, 1.165) is 17.9 Å². The minimum Gasteiger partial charge on any atom is -0.0619 e. The fourth-order valence-corrected chi connectivity index (χ4v) is 7.48. The van der Waals surface area contributed by atoms with Gasteiger partial charge in [0.25, 0.3) is 0 Å². The highest BCUT2D eigenvalue weighted by Gasteiger charge is 2.51. The maximum atomic E-state index is 3.89. The summed E-state index contributed by atoms with van der Waals surface area (Å²) in [7, 11) is 0. The van der Waals surface area contributed by atoms with Gasteiger partial charge in [-0.05, 0) is 104 Å². The second-order valence-electron chi connectivity index (χ2n) is 6.78. The first-order valence-corrected chi connectivity index (χ1v) is 11.2. The summed E-state index contributed by atoms with van der Waals surface area (Å²) in [6.07, 6.45) is 0. The first-order valence-electron chi connectivity index (χ1n) is 8.03. The van der Waals surface area contributed by atoms with Crippen molar-refractivity contribution in [3.8, 4) is 0 Å². The van der Waals surface area contributed by atoms with E-state index in [0.29, 0.717) is 0 Å². The Morgan fingerprint density at radius 1 is 0.680 bits per heavy atom. The average Bonchev–Trinajstić information content (AvgIpc) is 2.64.